The summed E-state index contributed by atoms with van der Waals surface area (Å²) in [5, 5.41) is 3.10. The van der Waals surface area contributed by atoms with Crippen LogP contribution in [0.1, 0.15) is 52.4 Å². The molecule has 0 unspecified atom stereocenters. The molecule has 0 saturated heterocycles. The van der Waals surface area contributed by atoms with E-state index in [-0.39, 0.29) is 0 Å². The molecule has 164 valence electrons. The highest BCUT2D eigenvalue weighted by Gasteiger charge is 2.23. The molecule has 0 amide bonds. The average Bonchev–Trinajstić information content (AvgIpc) is 3.56. The first-order valence-electron chi connectivity index (χ1n) is 11.2. The Labute approximate surface area is 189 Å². The van der Waals surface area contributed by atoms with Crippen LogP contribution in [-0.4, -0.2) is 11.9 Å². The predicted octanol–water partition coefficient (Wildman–Crippen LogP) is 7.63. The Morgan fingerprint density at radius 3 is 2.52 bits per heavy atom. The van der Waals surface area contributed by atoms with Crippen molar-refractivity contribution in [3.63, 3.8) is 0 Å². The van der Waals surface area contributed by atoms with Crippen molar-refractivity contribution in [3.8, 4) is 0 Å². The summed E-state index contributed by atoms with van der Waals surface area (Å²) in [7, 11) is 2.08. The second-order valence-electron chi connectivity index (χ2n) is 8.39. The Balaban J connectivity index is 2.31. The first kappa shape index (κ1) is 24.3. The minimum absolute atomic E-state index is 0.693. The highest BCUT2D eigenvalue weighted by atomic mass is 15.1. The molecule has 0 heterocycles. The van der Waals surface area contributed by atoms with Gasteiger partial charge in [-0.1, -0.05) is 75.6 Å². The summed E-state index contributed by atoms with van der Waals surface area (Å²) in [4.78, 5) is 2.16. The van der Waals surface area contributed by atoms with Crippen LogP contribution in [0, 0.1) is 5.92 Å². The van der Waals surface area contributed by atoms with E-state index in [1.807, 2.05) is 19.1 Å². The lowest BCUT2D eigenvalue weighted by atomic mass is 10.00. The van der Waals surface area contributed by atoms with E-state index >= 15 is 0 Å². The number of hydrogen-bond donors (Lipinski definition) is 1. The number of likely N-dealkylation sites (N-methyl/N-ethyl adjacent to an activating group) is 1. The van der Waals surface area contributed by atoms with Crippen molar-refractivity contribution in [3.05, 3.63) is 114 Å². The fourth-order valence-electron chi connectivity index (χ4n) is 3.50. The van der Waals surface area contributed by atoms with Crippen molar-refractivity contribution < 1.29 is 0 Å². The van der Waals surface area contributed by atoms with Crippen LogP contribution < -0.4 is 5.32 Å². The van der Waals surface area contributed by atoms with Gasteiger partial charge in [0.15, 0.2) is 0 Å². The minimum atomic E-state index is 0.693. The molecule has 0 radical (unpaired) electrons. The standard InChI is InChI=1S/C29H38N2/c1-8-13-27-15-10-9-11-17-29(27)25(6)31(7)28(21-18-23(4)26-19-20-26)16-12-14-24(5)30-22(2)3/h10-11,14-17,21,26,30H,2,4-6,8-9,13,18-20H2,1,3,7H3/b28-21+. The molecule has 2 nitrogen and oxygen atoms in total. The Bertz CT molecular complexity index is 906. The maximum atomic E-state index is 4.45. The SMILES string of the molecule is C=C(C)NC(=C)C=C=C/C(=C\CC(=C)C1CC1)N(C)C(=C)C1=C(CCC)C=CCC=C1. The molecule has 0 aromatic rings. The van der Waals surface area contributed by atoms with Gasteiger partial charge in [0.2, 0.25) is 0 Å². The summed E-state index contributed by atoms with van der Waals surface area (Å²) in [6, 6.07) is 0. The molecule has 0 aromatic carbocycles. The fourth-order valence-corrected chi connectivity index (χ4v) is 3.50. The average molecular weight is 415 g/mol. The van der Waals surface area contributed by atoms with Crippen molar-refractivity contribution in [1.29, 1.82) is 0 Å². The van der Waals surface area contributed by atoms with Crippen LogP contribution in [0.2, 0.25) is 0 Å². The number of nitrogens with one attached hydrogen (secondary N) is 1. The highest BCUT2D eigenvalue weighted by Crippen LogP contribution is 2.37. The fraction of sp³-hybridized carbons (Fsp3) is 0.345. The van der Waals surface area contributed by atoms with E-state index in [1.165, 1.54) is 29.6 Å². The van der Waals surface area contributed by atoms with E-state index in [1.54, 1.807) is 0 Å². The second kappa shape index (κ2) is 12.0. The van der Waals surface area contributed by atoms with Gasteiger partial charge in [-0.05, 0) is 50.5 Å². The number of hydrogen-bond acceptors (Lipinski definition) is 2. The Kier molecular flexibility index (Phi) is 9.43. The third kappa shape index (κ3) is 8.00. The highest BCUT2D eigenvalue weighted by molar-refractivity contribution is 5.48. The zero-order valence-electron chi connectivity index (χ0n) is 19.6. The molecule has 2 aliphatic rings. The molecule has 1 N–H and O–H groups in total. The Hall–Kier alpha value is -2.96. The minimum Gasteiger partial charge on any atom is -0.360 e. The van der Waals surface area contributed by atoms with Crippen molar-refractivity contribution >= 4 is 0 Å². The zero-order chi connectivity index (χ0) is 22.8. The molecular weight excluding hydrogens is 376 g/mol. The molecule has 1 saturated carbocycles. The van der Waals surface area contributed by atoms with Gasteiger partial charge < -0.3 is 10.2 Å². The predicted molar refractivity (Wildman–Crippen MR) is 136 cm³/mol. The van der Waals surface area contributed by atoms with Crippen LogP contribution in [0.4, 0.5) is 0 Å². The molecular formula is C29H38N2. The van der Waals surface area contributed by atoms with Crippen molar-refractivity contribution in [1.82, 2.24) is 10.2 Å². The molecule has 0 atom stereocenters. The number of nitrogens with zero attached hydrogens (tertiary/aromatic N) is 1. The normalized spacial score (nSPS) is 15.6. The summed E-state index contributed by atoms with van der Waals surface area (Å²) >= 11 is 0. The number of allylic oxidation sites excluding steroid dienone is 10. The monoisotopic (exact) mass is 414 g/mol. The Morgan fingerprint density at radius 2 is 1.87 bits per heavy atom. The zero-order valence-corrected chi connectivity index (χ0v) is 19.6. The van der Waals surface area contributed by atoms with E-state index in [9.17, 15) is 0 Å². The van der Waals surface area contributed by atoms with Crippen LogP contribution in [0.3, 0.4) is 0 Å². The lowest BCUT2D eigenvalue weighted by molar-refractivity contribution is 0.546. The van der Waals surface area contributed by atoms with Gasteiger partial charge in [0.25, 0.3) is 0 Å². The smallest absolute Gasteiger partial charge is 0.0449 e. The number of rotatable bonds is 12. The summed E-state index contributed by atoms with van der Waals surface area (Å²) < 4.78 is 0. The quantitative estimate of drug-likeness (QED) is 0.201. The van der Waals surface area contributed by atoms with Gasteiger partial charge in [-0.3, -0.25) is 0 Å². The molecule has 2 rings (SSSR count). The third-order valence-electron chi connectivity index (χ3n) is 5.43. The molecule has 0 aliphatic heterocycles. The van der Waals surface area contributed by atoms with Crippen molar-refractivity contribution in [2.75, 3.05) is 7.05 Å². The van der Waals surface area contributed by atoms with Crippen LogP contribution >= 0.6 is 0 Å². The lowest BCUT2D eigenvalue weighted by Gasteiger charge is -2.25. The van der Waals surface area contributed by atoms with Gasteiger partial charge >= 0.3 is 0 Å². The largest absolute Gasteiger partial charge is 0.360 e. The van der Waals surface area contributed by atoms with E-state index in [2.05, 4.69) is 86.6 Å². The first-order chi connectivity index (χ1) is 14.8. The molecule has 0 spiro atoms. The maximum Gasteiger partial charge on any atom is 0.0449 e. The molecule has 31 heavy (non-hydrogen) atoms. The lowest BCUT2D eigenvalue weighted by Crippen LogP contribution is -2.17. The van der Waals surface area contributed by atoms with Crippen molar-refractivity contribution in [2.24, 2.45) is 5.92 Å². The van der Waals surface area contributed by atoms with Gasteiger partial charge in [-0.2, -0.15) is 0 Å². The second-order valence-corrected chi connectivity index (χ2v) is 8.39. The molecule has 1 fully saturated rings. The van der Waals surface area contributed by atoms with Crippen molar-refractivity contribution in [2.45, 2.75) is 52.4 Å². The first-order valence-corrected chi connectivity index (χ1v) is 11.2. The maximum absolute atomic E-state index is 4.45. The van der Waals surface area contributed by atoms with Gasteiger partial charge in [-0.15, -0.1) is 5.73 Å². The van der Waals surface area contributed by atoms with Crippen LogP contribution in [0.5, 0.6) is 0 Å². The summed E-state index contributed by atoms with van der Waals surface area (Å²) in [5.41, 5.74) is 10.8. The third-order valence-corrected chi connectivity index (χ3v) is 5.43. The summed E-state index contributed by atoms with van der Waals surface area (Å²) in [5.74, 6) is 0.693. The van der Waals surface area contributed by atoms with Crippen LogP contribution in [-0.2, 0) is 0 Å². The van der Waals surface area contributed by atoms with E-state index < -0.39 is 0 Å². The summed E-state index contributed by atoms with van der Waals surface area (Å²) in [6.45, 7) is 20.7. The van der Waals surface area contributed by atoms with E-state index in [0.717, 1.165) is 48.5 Å². The Morgan fingerprint density at radius 1 is 1.16 bits per heavy atom. The topological polar surface area (TPSA) is 15.3 Å². The van der Waals surface area contributed by atoms with Gasteiger partial charge in [0, 0.05) is 47.6 Å². The molecule has 2 heteroatoms. The van der Waals surface area contributed by atoms with E-state index in [0.29, 0.717) is 5.92 Å². The summed E-state index contributed by atoms with van der Waals surface area (Å²) in [6.07, 6.45) is 21.5. The van der Waals surface area contributed by atoms with Gasteiger partial charge in [0.1, 0.15) is 0 Å². The van der Waals surface area contributed by atoms with E-state index in [4.69, 9.17) is 0 Å². The van der Waals surface area contributed by atoms with Gasteiger partial charge in [0.05, 0.1) is 0 Å². The van der Waals surface area contributed by atoms with Gasteiger partial charge in [-0.25, -0.2) is 0 Å². The molecule has 0 aromatic heterocycles. The molecule has 0 bridgehead atoms. The molecule has 2 aliphatic carbocycles. The van der Waals surface area contributed by atoms with Crippen LogP contribution in [0.15, 0.2) is 114 Å². The van der Waals surface area contributed by atoms with Crippen LogP contribution in [0.25, 0.3) is 0 Å².